The van der Waals surface area contributed by atoms with Crippen molar-refractivity contribution in [2.24, 2.45) is 0 Å². The molecule has 0 radical (unpaired) electrons. The second-order valence-corrected chi connectivity index (χ2v) is 5.25. The van der Waals surface area contributed by atoms with Crippen LogP contribution in [0.5, 0.6) is 5.75 Å². The molecule has 0 atom stereocenters. The van der Waals surface area contributed by atoms with Crippen LogP contribution in [-0.4, -0.2) is 12.0 Å². The van der Waals surface area contributed by atoms with E-state index in [2.05, 4.69) is 0 Å². The number of hydrogen-bond acceptors (Lipinski definition) is 5. The summed E-state index contributed by atoms with van der Waals surface area (Å²) in [7, 11) is 1.52. The van der Waals surface area contributed by atoms with Gasteiger partial charge in [0, 0.05) is 34.0 Å². The van der Waals surface area contributed by atoms with E-state index in [9.17, 15) is 14.5 Å². The van der Waals surface area contributed by atoms with Crippen LogP contribution < -0.4 is 10.5 Å². The van der Waals surface area contributed by atoms with Gasteiger partial charge < -0.3 is 10.5 Å². The number of nitrogens with zero attached hydrogens (tertiary/aromatic N) is 1. The first-order valence-corrected chi connectivity index (χ1v) is 6.99. The lowest BCUT2D eigenvalue weighted by molar-refractivity contribution is -0.385. The zero-order chi connectivity index (χ0) is 15.4. The van der Waals surface area contributed by atoms with E-state index in [4.69, 9.17) is 10.5 Å². The van der Waals surface area contributed by atoms with Crippen LogP contribution in [0, 0.1) is 15.9 Å². The number of nitrogens with two attached hydrogens (primary N) is 1. The van der Waals surface area contributed by atoms with Gasteiger partial charge in [0.1, 0.15) is 11.6 Å². The highest BCUT2D eigenvalue weighted by Gasteiger charge is 2.15. The van der Waals surface area contributed by atoms with Crippen molar-refractivity contribution in [3.8, 4) is 5.75 Å². The molecule has 0 fully saturated rings. The Morgan fingerprint density at radius 1 is 1.33 bits per heavy atom. The fourth-order valence-corrected chi connectivity index (χ4v) is 2.80. The van der Waals surface area contributed by atoms with Crippen molar-refractivity contribution < 1.29 is 14.1 Å². The van der Waals surface area contributed by atoms with Crippen molar-refractivity contribution in [3.63, 3.8) is 0 Å². The first-order chi connectivity index (χ1) is 10.0. The van der Waals surface area contributed by atoms with Crippen LogP contribution >= 0.6 is 11.8 Å². The van der Waals surface area contributed by atoms with Crippen LogP contribution in [0.2, 0.25) is 0 Å². The molecular formula is C14H13FN2O3S. The summed E-state index contributed by atoms with van der Waals surface area (Å²) < 4.78 is 18.5. The Balaban J connectivity index is 2.24. The number of anilines is 1. The molecule has 2 aromatic carbocycles. The van der Waals surface area contributed by atoms with E-state index in [1.165, 1.54) is 31.0 Å². The molecule has 0 aliphatic rings. The van der Waals surface area contributed by atoms with Crippen LogP contribution in [0.1, 0.15) is 5.56 Å². The van der Waals surface area contributed by atoms with Crippen LogP contribution in [0.15, 0.2) is 41.3 Å². The molecular weight excluding hydrogens is 295 g/mol. The SMILES string of the molecule is COc1cc(N)ccc1SCc1cc(F)ccc1[N+](=O)[O-]. The Labute approximate surface area is 125 Å². The van der Waals surface area contributed by atoms with Gasteiger partial charge in [0.25, 0.3) is 5.69 Å². The standard InChI is InChI=1S/C14H13FN2O3S/c1-20-13-7-11(16)3-5-14(13)21-8-9-6-10(15)2-4-12(9)17(18)19/h2-7H,8,16H2,1H3. The number of methoxy groups -OCH3 is 1. The topological polar surface area (TPSA) is 78.4 Å². The summed E-state index contributed by atoms with van der Waals surface area (Å²) in [5.74, 6) is 0.341. The van der Waals surface area contributed by atoms with E-state index in [0.29, 0.717) is 17.0 Å². The summed E-state index contributed by atoms with van der Waals surface area (Å²) >= 11 is 1.32. The highest BCUT2D eigenvalue weighted by atomic mass is 32.2. The molecule has 0 amide bonds. The van der Waals surface area contributed by atoms with E-state index in [0.717, 1.165) is 11.0 Å². The van der Waals surface area contributed by atoms with E-state index in [1.807, 2.05) is 0 Å². The number of nitro groups is 1. The number of benzene rings is 2. The van der Waals surface area contributed by atoms with Gasteiger partial charge in [-0.15, -0.1) is 11.8 Å². The molecule has 0 aromatic heterocycles. The van der Waals surface area contributed by atoms with Crippen molar-refractivity contribution in [2.75, 3.05) is 12.8 Å². The largest absolute Gasteiger partial charge is 0.496 e. The summed E-state index contributed by atoms with van der Waals surface area (Å²) in [6.07, 6.45) is 0. The van der Waals surface area contributed by atoms with Gasteiger partial charge in [0.05, 0.1) is 12.0 Å². The Morgan fingerprint density at radius 2 is 2.10 bits per heavy atom. The van der Waals surface area contributed by atoms with E-state index < -0.39 is 10.7 Å². The van der Waals surface area contributed by atoms with Crippen molar-refractivity contribution in [2.45, 2.75) is 10.6 Å². The van der Waals surface area contributed by atoms with Gasteiger partial charge in [0.2, 0.25) is 0 Å². The van der Waals surface area contributed by atoms with Crippen molar-refractivity contribution in [3.05, 3.63) is 57.9 Å². The molecule has 0 bridgehead atoms. The Morgan fingerprint density at radius 3 is 2.76 bits per heavy atom. The monoisotopic (exact) mass is 308 g/mol. The minimum Gasteiger partial charge on any atom is -0.496 e. The second-order valence-electron chi connectivity index (χ2n) is 4.23. The van der Waals surface area contributed by atoms with Crippen molar-refractivity contribution >= 4 is 23.1 Å². The molecule has 0 unspecified atom stereocenters. The van der Waals surface area contributed by atoms with Gasteiger partial charge in [-0.25, -0.2) is 4.39 Å². The third-order valence-corrected chi connectivity index (χ3v) is 3.91. The summed E-state index contributed by atoms with van der Waals surface area (Å²) in [6, 6.07) is 8.58. The Kier molecular flexibility index (Phi) is 4.64. The van der Waals surface area contributed by atoms with Crippen molar-refractivity contribution in [1.82, 2.24) is 0 Å². The number of thioether (sulfide) groups is 1. The normalized spacial score (nSPS) is 10.4. The molecule has 2 aromatic rings. The average molecular weight is 308 g/mol. The summed E-state index contributed by atoms with van der Waals surface area (Å²) in [5, 5.41) is 10.9. The third-order valence-electron chi connectivity index (χ3n) is 2.81. The lowest BCUT2D eigenvalue weighted by Crippen LogP contribution is -1.96. The zero-order valence-electron chi connectivity index (χ0n) is 11.2. The van der Waals surface area contributed by atoms with Gasteiger partial charge in [-0.2, -0.15) is 0 Å². The number of halogens is 1. The number of nitro benzene ring substituents is 1. The second kappa shape index (κ2) is 6.45. The lowest BCUT2D eigenvalue weighted by atomic mass is 10.2. The highest BCUT2D eigenvalue weighted by Crippen LogP contribution is 2.35. The van der Waals surface area contributed by atoms with Crippen LogP contribution in [-0.2, 0) is 5.75 Å². The zero-order valence-corrected chi connectivity index (χ0v) is 12.0. The molecule has 2 N–H and O–H groups in total. The number of ether oxygens (including phenoxy) is 1. The molecule has 0 aliphatic heterocycles. The molecule has 0 saturated carbocycles. The maximum atomic E-state index is 13.3. The quantitative estimate of drug-likeness (QED) is 0.395. The van der Waals surface area contributed by atoms with E-state index in [-0.39, 0.29) is 11.4 Å². The first kappa shape index (κ1) is 15.1. The fraction of sp³-hybridized carbons (Fsp3) is 0.143. The molecule has 0 aliphatic carbocycles. The Bertz CT molecular complexity index is 679. The van der Waals surface area contributed by atoms with Crippen molar-refractivity contribution in [1.29, 1.82) is 0 Å². The highest BCUT2D eigenvalue weighted by molar-refractivity contribution is 7.98. The summed E-state index contributed by atoms with van der Waals surface area (Å²) in [5.41, 5.74) is 6.45. The molecule has 7 heteroatoms. The molecule has 0 spiro atoms. The average Bonchev–Trinajstić information content (AvgIpc) is 2.45. The number of nitrogen functional groups attached to an aromatic ring is 1. The van der Waals surface area contributed by atoms with E-state index >= 15 is 0 Å². The smallest absolute Gasteiger partial charge is 0.273 e. The molecule has 5 nitrogen and oxygen atoms in total. The molecule has 2 rings (SSSR count). The minimum atomic E-state index is -0.518. The third kappa shape index (κ3) is 3.63. The summed E-state index contributed by atoms with van der Waals surface area (Å²) in [6.45, 7) is 0. The number of rotatable bonds is 5. The summed E-state index contributed by atoms with van der Waals surface area (Å²) in [4.78, 5) is 11.2. The first-order valence-electron chi connectivity index (χ1n) is 6.00. The van der Waals surface area contributed by atoms with Gasteiger partial charge in [-0.3, -0.25) is 10.1 Å². The lowest BCUT2D eigenvalue weighted by Gasteiger charge is -2.09. The number of hydrogen-bond donors (Lipinski definition) is 1. The van der Waals surface area contributed by atoms with Crippen LogP contribution in [0.25, 0.3) is 0 Å². The van der Waals surface area contributed by atoms with Crippen LogP contribution in [0.3, 0.4) is 0 Å². The molecule has 110 valence electrons. The molecule has 0 saturated heterocycles. The fourth-order valence-electron chi connectivity index (χ4n) is 1.81. The predicted octanol–water partition coefficient (Wildman–Crippen LogP) is 3.62. The van der Waals surface area contributed by atoms with Gasteiger partial charge in [-0.05, 0) is 24.3 Å². The maximum Gasteiger partial charge on any atom is 0.273 e. The van der Waals surface area contributed by atoms with Crippen LogP contribution in [0.4, 0.5) is 15.8 Å². The minimum absolute atomic E-state index is 0.0988. The van der Waals surface area contributed by atoms with E-state index in [1.54, 1.807) is 18.2 Å². The molecule has 21 heavy (non-hydrogen) atoms. The molecule has 0 heterocycles. The Hall–Kier alpha value is -2.28. The van der Waals surface area contributed by atoms with Gasteiger partial charge in [-0.1, -0.05) is 0 Å². The predicted molar refractivity (Wildman–Crippen MR) is 80.0 cm³/mol. The van der Waals surface area contributed by atoms with Gasteiger partial charge in [0.15, 0.2) is 0 Å². The van der Waals surface area contributed by atoms with Gasteiger partial charge >= 0.3 is 0 Å². The maximum absolute atomic E-state index is 13.3.